The Kier molecular flexibility index (Phi) is 6.18. The van der Waals surface area contributed by atoms with Crippen LogP contribution in [0.25, 0.3) is 11.5 Å². The molecule has 0 fully saturated rings. The van der Waals surface area contributed by atoms with E-state index in [-0.39, 0.29) is 11.7 Å². The topological polar surface area (TPSA) is 72.7 Å². The van der Waals surface area contributed by atoms with E-state index in [1.54, 1.807) is 6.07 Å². The largest absolute Gasteiger partial charge is 0.325 e. The predicted octanol–water partition coefficient (Wildman–Crippen LogP) is 3.79. The summed E-state index contributed by atoms with van der Waals surface area (Å²) in [5.41, 5.74) is 2.53. The molecule has 0 bridgehead atoms. The van der Waals surface area contributed by atoms with Gasteiger partial charge in [-0.25, -0.2) is 9.37 Å². The van der Waals surface area contributed by atoms with Crippen molar-refractivity contribution in [1.82, 2.24) is 19.7 Å². The molecule has 0 spiro atoms. The summed E-state index contributed by atoms with van der Waals surface area (Å²) in [5, 5.41) is 11.8. The standard InChI is InChI=1S/C19H20FN5OS/c1-3-13-5-8-15(9-6-13)22-17(26)12-27-19-24-23-18(25(19)4-2)16-10-7-14(20)11-21-16/h5-11H,3-4,12H2,1-2H3,(H,22,26). The molecule has 6 nitrogen and oxygen atoms in total. The monoisotopic (exact) mass is 385 g/mol. The third-order valence-electron chi connectivity index (χ3n) is 3.97. The number of aromatic nitrogens is 4. The zero-order chi connectivity index (χ0) is 19.2. The first kappa shape index (κ1) is 19.0. The third-order valence-corrected chi connectivity index (χ3v) is 4.93. The van der Waals surface area contributed by atoms with Crippen LogP contribution in [0.15, 0.2) is 47.8 Å². The summed E-state index contributed by atoms with van der Waals surface area (Å²) in [7, 11) is 0. The highest BCUT2D eigenvalue weighted by atomic mass is 32.2. The average molecular weight is 385 g/mol. The number of hydrogen-bond donors (Lipinski definition) is 1. The maximum atomic E-state index is 13.1. The van der Waals surface area contributed by atoms with E-state index >= 15 is 0 Å². The number of amides is 1. The quantitative estimate of drug-likeness (QED) is 0.627. The SMILES string of the molecule is CCc1ccc(NC(=O)CSc2nnc(-c3ccc(F)cn3)n2CC)cc1. The number of halogens is 1. The van der Waals surface area contributed by atoms with Gasteiger partial charge in [0.15, 0.2) is 11.0 Å². The van der Waals surface area contributed by atoms with Gasteiger partial charge in [-0.05, 0) is 43.2 Å². The molecule has 27 heavy (non-hydrogen) atoms. The van der Waals surface area contributed by atoms with Crippen LogP contribution >= 0.6 is 11.8 Å². The van der Waals surface area contributed by atoms with Gasteiger partial charge in [-0.15, -0.1) is 10.2 Å². The molecule has 1 N–H and O–H groups in total. The van der Waals surface area contributed by atoms with Gasteiger partial charge in [-0.3, -0.25) is 4.79 Å². The molecular weight excluding hydrogens is 365 g/mol. The van der Waals surface area contributed by atoms with Gasteiger partial charge in [0.25, 0.3) is 0 Å². The fraction of sp³-hybridized carbons (Fsp3) is 0.263. The fourth-order valence-corrected chi connectivity index (χ4v) is 3.33. The molecular formula is C19H20FN5OS. The number of carbonyl (C=O) groups excluding carboxylic acids is 1. The van der Waals surface area contributed by atoms with Gasteiger partial charge in [-0.1, -0.05) is 30.8 Å². The molecule has 0 atom stereocenters. The molecule has 0 saturated carbocycles. The third kappa shape index (κ3) is 4.71. The zero-order valence-corrected chi connectivity index (χ0v) is 16.0. The number of thioether (sulfide) groups is 1. The van der Waals surface area contributed by atoms with E-state index in [9.17, 15) is 9.18 Å². The van der Waals surface area contributed by atoms with Gasteiger partial charge in [0.1, 0.15) is 11.5 Å². The van der Waals surface area contributed by atoms with Crippen LogP contribution < -0.4 is 5.32 Å². The first-order valence-corrected chi connectivity index (χ1v) is 9.66. The van der Waals surface area contributed by atoms with Crippen molar-refractivity contribution in [2.24, 2.45) is 0 Å². The first-order chi connectivity index (χ1) is 13.1. The number of pyridine rings is 1. The van der Waals surface area contributed by atoms with Gasteiger partial charge in [-0.2, -0.15) is 0 Å². The summed E-state index contributed by atoms with van der Waals surface area (Å²) in [4.78, 5) is 16.3. The highest BCUT2D eigenvalue weighted by Gasteiger charge is 2.15. The minimum atomic E-state index is -0.403. The second-order valence-corrected chi connectivity index (χ2v) is 6.74. The minimum Gasteiger partial charge on any atom is -0.325 e. The molecule has 0 unspecified atom stereocenters. The summed E-state index contributed by atoms with van der Waals surface area (Å²) >= 11 is 1.30. The van der Waals surface area contributed by atoms with Crippen molar-refractivity contribution in [2.45, 2.75) is 32.0 Å². The van der Waals surface area contributed by atoms with Crippen molar-refractivity contribution < 1.29 is 9.18 Å². The van der Waals surface area contributed by atoms with Crippen molar-refractivity contribution >= 4 is 23.4 Å². The van der Waals surface area contributed by atoms with Gasteiger partial charge < -0.3 is 9.88 Å². The van der Waals surface area contributed by atoms with Gasteiger partial charge >= 0.3 is 0 Å². The van der Waals surface area contributed by atoms with Gasteiger partial charge in [0.2, 0.25) is 5.91 Å². The van der Waals surface area contributed by atoms with E-state index in [0.29, 0.717) is 23.2 Å². The van der Waals surface area contributed by atoms with Crippen LogP contribution in [0.3, 0.4) is 0 Å². The Morgan fingerprint density at radius 1 is 1.15 bits per heavy atom. The molecule has 8 heteroatoms. The van der Waals surface area contributed by atoms with Crippen molar-refractivity contribution in [1.29, 1.82) is 0 Å². The summed E-state index contributed by atoms with van der Waals surface area (Å²) in [6.45, 7) is 4.66. The summed E-state index contributed by atoms with van der Waals surface area (Å²) < 4.78 is 14.9. The predicted molar refractivity (Wildman–Crippen MR) is 104 cm³/mol. The maximum absolute atomic E-state index is 13.1. The van der Waals surface area contributed by atoms with E-state index in [1.165, 1.54) is 23.4 Å². The molecule has 140 valence electrons. The molecule has 0 saturated heterocycles. The number of anilines is 1. The van der Waals surface area contributed by atoms with Crippen LogP contribution in [0.5, 0.6) is 0 Å². The Morgan fingerprint density at radius 3 is 2.56 bits per heavy atom. The van der Waals surface area contributed by atoms with Crippen LogP contribution in [-0.2, 0) is 17.8 Å². The Bertz CT molecular complexity index is 909. The molecule has 0 radical (unpaired) electrons. The molecule has 3 aromatic rings. The van der Waals surface area contributed by atoms with Crippen LogP contribution in [0.2, 0.25) is 0 Å². The number of nitrogens with one attached hydrogen (secondary N) is 1. The maximum Gasteiger partial charge on any atom is 0.234 e. The molecule has 1 amide bonds. The Morgan fingerprint density at radius 2 is 1.93 bits per heavy atom. The number of hydrogen-bond acceptors (Lipinski definition) is 5. The van der Waals surface area contributed by atoms with Crippen molar-refractivity contribution in [3.05, 3.63) is 54.0 Å². The van der Waals surface area contributed by atoms with Crippen LogP contribution in [0, 0.1) is 5.82 Å². The number of rotatable bonds is 7. The van der Waals surface area contributed by atoms with E-state index < -0.39 is 5.82 Å². The lowest BCUT2D eigenvalue weighted by atomic mass is 10.1. The second-order valence-electron chi connectivity index (χ2n) is 5.80. The van der Waals surface area contributed by atoms with Crippen molar-refractivity contribution in [3.63, 3.8) is 0 Å². The number of aryl methyl sites for hydroxylation is 1. The summed E-state index contributed by atoms with van der Waals surface area (Å²) in [5.74, 6) is 0.247. The minimum absolute atomic E-state index is 0.114. The Balaban J connectivity index is 1.65. The summed E-state index contributed by atoms with van der Waals surface area (Å²) in [6.07, 6.45) is 2.11. The van der Waals surface area contributed by atoms with Crippen LogP contribution in [0.4, 0.5) is 10.1 Å². The molecule has 0 aliphatic rings. The molecule has 3 rings (SSSR count). The number of carbonyl (C=O) groups is 1. The Hall–Kier alpha value is -2.74. The molecule has 2 heterocycles. The van der Waals surface area contributed by atoms with E-state index in [2.05, 4.69) is 27.4 Å². The van der Waals surface area contributed by atoms with Gasteiger partial charge in [0.05, 0.1) is 11.9 Å². The van der Waals surface area contributed by atoms with Crippen LogP contribution in [0.1, 0.15) is 19.4 Å². The summed E-state index contributed by atoms with van der Waals surface area (Å²) in [6, 6.07) is 10.7. The molecule has 0 aliphatic heterocycles. The lowest BCUT2D eigenvalue weighted by Crippen LogP contribution is -2.14. The second kappa shape index (κ2) is 8.77. The van der Waals surface area contributed by atoms with E-state index in [1.807, 2.05) is 35.8 Å². The number of benzene rings is 1. The van der Waals surface area contributed by atoms with Crippen molar-refractivity contribution in [2.75, 3.05) is 11.1 Å². The lowest BCUT2D eigenvalue weighted by Gasteiger charge is -2.08. The van der Waals surface area contributed by atoms with E-state index in [0.717, 1.165) is 18.3 Å². The molecule has 2 aromatic heterocycles. The smallest absolute Gasteiger partial charge is 0.234 e. The first-order valence-electron chi connectivity index (χ1n) is 8.67. The van der Waals surface area contributed by atoms with E-state index in [4.69, 9.17) is 0 Å². The highest BCUT2D eigenvalue weighted by molar-refractivity contribution is 7.99. The normalized spacial score (nSPS) is 10.8. The average Bonchev–Trinajstić information content (AvgIpc) is 3.10. The van der Waals surface area contributed by atoms with Crippen molar-refractivity contribution in [3.8, 4) is 11.5 Å². The Labute approximate surface area is 161 Å². The van der Waals surface area contributed by atoms with Gasteiger partial charge in [0, 0.05) is 12.2 Å². The highest BCUT2D eigenvalue weighted by Crippen LogP contribution is 2.23. The zero-order valence-electron chi connectivity index (χ0n) is 15.1. The lowest BCUT2D eigenvalue weighted by molar-refractivity contribution is -0.113. The van der Waals surface area contributed by atoms with Crippen LogP contribution in [-0.4, -0.2) is 31.4 Å². The molecule has 1 aromatic carbocycles. The fourth-order valence-electron chi connectivity index (χ4n) is 2.53. The molecule has 0 aliphatic carbocycles. The number of nitrogens with zero attached hydrogens (tertiary/aromatic N) is 4.